The van der Waals surface area contributed by atoms with Crippen LogP contribution in [0.2, 0.25) is 0 Å². The predicted octanol–water partition coefficient (Wildman–Crippen LogP) is 1.66. The van der Waals surface area contributed by atoms with Gasteiger partial charge in [-0.15, -0.1) is 0 Å². The Bertz CT molecular complexity index is 433. The Balaban J connectivity index is 2.97. The highest BCUT2D eigenvalue weighted by Gasteiger charge is 2.35. The van der Waals surface area contributed by atoms with Gasteiger partial charge in [0.05, 0.1) is 17.7 Å². The van der Waals surface area contributed by atoms with Crippen molar-refractivity contribution in [3.8, 4) is 0 Å². The second-order valence-electron chi connectivity index (χ2n) is 3.55. The van der Waals surface area contributed by atoms with Crippen LogP contribution in [0, 0.1) is 0 Å². The molecule has 4 nitrogen and oxygen atoms in total. The van der Waals surface area contributed by atoms with E-state index in [1.165, 1.54) is 13.2 Å². The van der Waals surface area contributed by atoms with Crippen molar-refractivity contribution in [1.82, 2.24) is 5.32 Å². The van der Waals surface area contributed by atoms with Crippen LogP contribution in [-0.4, -0.2) is 26.2 Å². The fourth-order valence-corrected chi connectivity index (χ4v) is 1.36. The van der Waals surface area contributed by atoms with Gasteiger partial charge >= 0.3 is 6.18 Å². The lowest BCUT2D eigenvalue weighted by molar-refractivity contribution is -0.137. The lowest BCUT2D eigenvalue weighted by Gasteiger charge is -2.13. The average molecular weight is 262 g/mol. The molecule has 1 amide bonds. The number of carbonyl (C=O) groups excluding carboxylic acids is 1. The molecule has 0 radical (unpaired) electrons. The highest BCUT2D eigenvalue weighted by atomic mass is 19.4. The summed E-state index contributed by atoms with van der Waals surface area (Å²) in [6, 6.07) is 3.05. The molecule has 18 heavy (non-hydrogen) atoms. The molecule has 1 aromatic carbocycles. The first kappa shape index (κ1) is 14.3. The third kappa shape index (κ3) is 3.63. The molecule has 0 saturated heterocycles. The number of halogens is 3. The largest absolute Gasteiger partial charge is 0.417 e. The maximum Gasteiger partial charge on any atom is 0.417 e. The third-order valence-electron chi connectivity index (χ3n) is 2.19. The van der Waals surface area contributed by atoms with Crippen LogP contribution in [0.3, 0.4) is 0 Å². The van der Waals surface area contributed by atoms with Crippen LogP contribution in [0.5, 0.6) is 0 Å². The Morgan fingerprint density at radius 1 is 1.44 bits per heavy atom. The van der Waals surface area contributed by atoms with Crippen LogP contribution in [-0.2, 0) is 10.9 Å². The topological polar surface area (TPSA) is 64.3 Å². The summed E-state index contributed by atoms with van der Waals surface area (Å²) in [6.45, 7) is 0.360. The number of hydrogen-bond donors (Lipinski definition) is 2. The predicted molar refractivity (Wildman–Crippen MR) is 60.1 cm³/mol. The van der Waals surface area contributed by atoms with Crippen LogP contribution >= 0.6 is 0 Å². The number of carbonyl (C=O) groups is 1. The number of nitrogens with two attached hydrogens (primary N) is 1. The third-order valence-corrected chi connectivity index (χ3v) is 2.19. The number of nitrogen functional groups attached to an aromatic ring is 1. The van der Waals surface area contributed by atoms with Crippen molar-refractivity contribution in [3.63, 3.8) is 0 Å². The molecule has 0 aliphatic carbocycles. The summed E-state index contributed by atoms with van der Waals surface area (Å²) in [4.78, 5) is 11.6. The summed E-state index contributed by atoms with van der Waals surface area (Å²) in [6.07, 6.45) is -4.62. The Hall–Kier alpha value is -1.76. The molecule has 1 rings (SSSR count). The van der Waals surface area contributed by atoms with E-state index in [1.807, 2.05) is 0 Å². The van der Waals surface area contributed by atoms with Crippen molar-refractivity contribution in [1.29, 1.82) is 0 Å². The first-order valence-electron chi connectivity index (χ1n) is 5.10. The molecule has 1 aromatic rings. The molecular weight excluding hydrogens is 249 g/mol. The summed E-state index contributed by atoms with van der Waals surface area (Å²) in [5, 5.41) is 2.33. The van der Waals surface area contributed by atoms with Gasteiger partial charge < -0.3 is 15.8 Å². The van der Waals surface area contributed by atoms with Crippen LogP contribution in [0.4, 0.5) is 18.9 Å². The van der Waals surface area contributed by atoms with E-state index in [2.05, 4.69) is 10.1 Å². The molecule has 3 N–H and O–H groups in total. The van der Waals surface area contributed by atoms with Crippen LogP contribution in [0.25, 0.3) is 0 Å². The number of methoxy groups -OCH3 is 1. The van der Waals surface area contributed by atoms with Gasteiger partial charge in [0, 0.05) is 19.3 Å². The summed E-state index contributed by atoms with van der Waals surface area (Å²) >= 11 is 0. The van der Waals surface area contributed by atoms with Gasteiger partial charge in [0.15, 0.2) is 0 Å². The van der Waals surface area contributed by atoms with E-state index >= 15 is 0 Å². The molecule has 0 aliphatic rings. The standard InChI is InChI=1S/C11H13F3N2O2/c1-18-5-4-16-10(17)8-3-2-7(15)6-9(8)11(12,13)14/h2-3,6H,4-5,15H2,1H3,(H,16,17). The second-order valence-corrected chi connectivity index (χ2v) is 3.55. The van der Waals surface area contributed by atoms with E-state index in [1.54, 1.807) is 0 Å². The van der Waals surface area contributed by atoms with Crippen LogP contribution < -0.4 is 11.1 Å². The lowest BCUT2D eigenvalue weighted by atomic mass is 10.1. The molecule has 100 valence electrons. The molecule has 7 heteroatoms. The Morgan fingerprint density at radius 2 is 2.11 bits per heavy atom. The quantitative estimate of drug-likeness (QED) is 0.640. The summed E-state index contributed by atoms with van der Waals surface area (Å²) in [7, 11) is 1.43. The number of anilines is 1. The molecule has 0 atom stereocenters. The van der Waals surface area contributed by atoms with Gasteiger partial charge in [-0.3, -0.25) is 4.79 Å². The van der Waals surface area contributed by atoms with Gasteiger partial charge in [-0.05, 0) is 18.2 Å². The Labute approximate surface area is 102 Å². The molecule has 0 unspecified atom stereocenters. The van der Waals surface area contributed by atoms with Crippen LogP contribution in [0.15, 0.2) is 18.2 Å². The van der Waals surface area contributed by atoms with E-state index in [9.17, 15) is 18.0 Å². The molecule has 0 fully saturated rings. The Kier molecular flexibility index (Phi) is 4.55. The average Bonchev–Trinajstić information content (AvgIpc) is 2.28. The first-order chi connectivity index (χ1) is 8.36. The summed E-state index contributed by atoms with van der Waals surface area (Å²) < 4.78 is 42.8. The second kappa shape index (κ2) is 5.72. The van der Waals surface area contributed by atoms with Gasteiger partial charge in [0.25, 0.3) is 5.91 Å². The minimum absolute atomic E-state index is 0.0456. The van der Waals surface area contributed by atoms with Gasteiger partial charge in [-0.2, -0.15) is 13.2 Å². The number of nitrogens with one attached hydrogen (secondary N) is 1. The number of rotatable bonds is 4. The fraction of sp³-hybridized carbons (Fsp3) is 0.364. The molecule has 0 saturated carbocycles. The fourth-order valence-electron chi connectivity index (χ4n) is 1.36. The van der Waals surface area contributed by atoms with E-state index < -0.39 is 23.2 Å². The normalized spacial score (nSPS) is 11.3. The van der Waals surface area contributed by atoms with Crippen molar-refractivity contribution in [3.05, 3.63) is 29.3 Å². The number of hydrogen-bond acceptors (Lipinski definition) is 3. The summed E-state index contributed by atoms with van der Waals surface area (Å²) in [5.41, 5.74) is 3.75. The van der Waals surface area contributed by atoms with E-state index in [0.717, 1.165) is 12.1 Å². The summed E-state index contributed by atoms with van der Waals surface area (Å²) in [5.74, 6) is -0.806. The van der Waals surface area contributed by atoms with Crippen molar-refractivity contribution in [2.75, 3.05) is 26.0 Å². The smallest absolute Gasteiger partial charge is 0.399 e. The van der Waals surface area contributed by atoms with Gasteiger partial charge in [-0.25, -0.2) is 0 Å². The number of benzene rings is 1. The van der Waals surface area contributed by atoms with Gasteiger partial charge in [0.1, 0.15) is 0 Å². The van der Waals surface area contributed by atoms with E-state index in [0.29, 0.717) is 0 Å². The van der Waals surface area contributed by atoms with Gasteiger partial charge in [-0.1, -0.05) is 0 Å². The zero-order chi connectivity index (χ0) is 13.8. The minimum atomic E-state index is -4.62. The molecule has 0 heterocycles. The SMILES string of the molecule is COCCNC(=O)c1ccc(N)cc1C(F)(F)F. The van der Waals surface area contributed by atoms with Crippen molar-refractivity contribution < 1.29 is 22.7 Å². The molecule has 0 aliphatic heterocycles. The zero-order valence-corrected chi connectivity index (χ0v) is 9.67. The number of amides is 1. The molecule has 0 bridgehead atoms. The van der Waals surface area contributed by atoms with Gasteiger partial charge in [0.2, 0.25) is 0 Å². The molecule has 0 spiro atoms. The van der Waals surface area contributed by atoms with Crippen LogP contribution in [0.1, 0.15) is 15.9 Å². The highest BCUT2D eigenvalue weighted by molar-refractivity contribution is 5.96. The maximum atomic E-state index is 12.7. The number of alkyl halides is 3. The Morgan fingerprint density at radius 3 is 2.67 bits per heavy atom. The maximum absolute atomic E-state index is 12.7. The lowest BCUT2D eigenvalue weighted by Crippen LogP contribution is -2.29. The minimum Gasteiger partial charge on any atom is -0.399 e. The zero-order valence-electron chi connectivity index (χ0n) is 9.67. The first-order valence-corrected chi connectivity index (χ1v) is 5.10. The highest BCUT2D eigenvalue weighted by Crippen LogP contribution is 2.33. The number of ether oxygens (including phenoxy) is 1. The molecular formula is C11H13F3N2O2. The van der Waals surface area contributed by atoms with E-state index in [4.69, 9.17) is 5.73 Å². The molecule has 0 aromatic heterocycles. The monoisotopic (exact) mass is 262 g/mol. The van der Waals surface area contributed by atoms with Crippen molar-refractivity contribution in [2.45, 2.75) is 6.18 Å². The van der Waals surface area contributed by atoms with E-state index in [-0.39, 0.29) is 18.8 Å². The van der Waals surface area contributed by atoms with Crippen molar-refractivity contribution in [2.24, 2.45) is 0 Å². The van der Waals surface area contributed by atoms with Crippen molar-refractivity contribution >= 4 is 11.6 Å².